The van der Waals surface area contributed by atoms with Crippen LogP contribution in [-0.2, 0) is 13.0 Å². The first-order valence-electron chi connectivity index (χ1n) is 13.5. The first-order valence-corrected chi connectivity index (χ1v) is 13.9. The van der Waals surface area contributed by atoms with E-state index in [1.54, 1.807) is 16.7 Å². The maximum absolute atomic E-state index is 13.5. The molecule has 0 saturated carbocycles. The number of para-hydroxylation sites is 1. The molecule has 0 aliphatic carbocycles. The zero-order chi connectivity index (χ0) is 28.2. The smallest absolute Gasteiger partial charge is 0.351 e. The van der Waals surface area contributed by atoms with Crippen molar-refractivity contribution >= 4 is 22.4 Å². The summed E-state index contributed by atoms with van der Waals surface area (Å²) in [5.41, 5.74) is 2.24. The van der Waals surface area contributed by atoms with Gasteiger partial charge >= 0.3 is 5.69 Å². The summed E-state index contributed by atoms with van der Waals surface area (Å²) >= 11 is 6.39. The third-order valence-electron chi connectivity index (χ3n) is 7.01. The summed E-state index contributed by atoms with van der Waals surface area (Å²) in [7, 11) is 0. The van der Waals surface area contributed by atoms with Gasteiger partial charge in [0.1, 0.15) is 11.6 Å². The number of benzene rings is 4. The number of tetrazole rings is 1. The molecule has 0 amide bonds. The molecule has 10 heteroatoms. The third kappa shape index (κ3) is 5.49. The van der Waals surface area contributed by atoms with Crippen LogP contribution >= 0.6 is 11.6 Å². The number of hydrogen-bond acceptors (Lipinski definition) is 6. The average molecular weight is 566 g/mol. The van der Waals surface area contributed by atoms with E-state index >= 15 is 0 Å². The summed E-state index contributed by atoms with van der Waals surface area (Å²) < 4.78 is 9.57. The van der Waals surface area contributed by atoms with E-state index in [2.05, 4.69) is 50.8 Å². The molecule has 1 unspecified atom stereocenters. The summed E-state index contributed by atoms with van der Waals surface area (Å²) in [6.07, 6.45) is 2.08. The molecule has 2 aromatic heterocycles. The van der Waals surface area contributed by atoms with Crippen molar-refractivity contribution in [2.75, 3.05) is 0 Å². The van der Waals surface area contributed by atoms with Crippen LogP contribution < -0.4 is 10.4 Å². The van der Waals surface area contributed by atoms with E-state index in [1.165, 1.54) is 4.68 Å². The number of hydrogen-bond donors (Lipinski definition) is 1. The van der Waals surface area contributed by atoms with Crippen molar-refractivity contribution < 1.29 is 4.74 Å². The predicted octanol–water partition coefficient (Wildman–Crippen LogP) is 5.91. The number of ether oxygens (including phenoxy) is 1. The maximum Gasteiger partial charge on any atom is 0.351 e. The molecular weight excluding hydrogens is 538 g/mol. The number of nitrogens with one attached hydrogen (secondary N) is 1. The van der Waals surface area contributed by atoms with Crippen molar-refractivity contribution in [1.82, 2.24) is 35.0 Å². The minimum Gasteiger partial charge on any atom is -0.478 e. The van der Waals surface area contributed by atoms with E-state index in [0.717, 1.165) is 40.6 Å². The van der Waals surface area contributed by atoms with Gasteiger partial charge in [0.15, 0.2) is 11.9 Å². The van der Waals surface area contributed by atoms with Crippen LogP contribution in [0.15, 0.2) is 95.8 Å². The van der Waals surface area contributed by atoms with E-state index in [1.807, 2.05) is 60.7 Å². The van der Waals surface area contributed by atoms with Crippen LogP contribution in [-0.4, -0.2) is 35.0 Å². The number of H-pyrrole nitrogens is 1. The highest BCUT2D eigenvalue weighted by atomic mass is 35.5. The Kier molecular flexibility index (Phi) is 7.60. The van der Waals surface area contributed by atoms with Gasteiger partial charge in [-0.25, -0.2) is 9.89 Å². The van der Waals surface area contributed by atoms with Gasteiger partial charge in [0.25, 0.3) is 0 Å². The zero-order valence-electron chi connectivity index (χ0n) is 22.4. The van der Waals surface area contributed by atoms with Crippen LogP contribution in [0.2, 0.25) is 5.02 Å². The molecule has 0 aliphatic rings. The number of rotatable bonds is 10. The van der Waals surface area contributed by atoms with Crippen LogP contribution in [0.25, 0.3) is 16.5 Å². The van der Waals surface area contributed by atoms with Gasteiger partial charge in [-0.1, -0.05) is 91.7 Å². The van der Waals surface area contributed by atoms with Gasteiger partial charge < -0.3 is 4.74 Å². The Bertz CT molecular complexity index is 1820. The molecule has 0 bridgehead atoms. The molecule has 4 aromatic carbocycles. The van der Waals surface area contributed by atoms with Gasteiger partial charge in [0.2, 0.25) is 0 Å². The second kappa shape index (κ2) is 11.8. The first-order chi connectivity index (χ1) is 20.1. The standard InChI is InChI=1S/C31H28ClN7O2/c1-2-3-15-28-35-39(27-14-7-6-13-26(27)32)31(40)38(28)20-21-16-18-23(19-17-21)41-29(30-33-36-37-34-30)25-12-8-10-22-9-4-5-11-24(22)25/h4-14,16-19,29H,2-3,15,20H2,1H3,(H,33,34,36,37). The molecule has 2 heterocycles. The van der Waals surface area contributed by atoms with Crippen molar-refractivity contribution in [1.29, 1.82) is 0 Å². The quantitative estimate of drug-likeness (QED) is 0.221. The van der Waals surface area contributed by atoms with Gasteiger partial charge in [-0.15, -0.1) is 10.2 Å². The van der Waals surface area contributed by atoms with Crippen molar-refractivity contribution in [2.45, 2.75) is 38.8 Å². The van der Waals surface area contributed by atoms with Crippen LogP contribution in [0.4, 0.5) is 0 Å². The fourth-order valence-electron chi connectivity index (χ4n) is 4.91. The number of nitrogens with zero attached hydrogens (tertiary/aromatic N) is 6. The molecule has 41 heavy (non-hydrogen) atoms. The monoisotopic (exact) mass is 565 g/mol. The summed E-state index contributed by atoms with van der Waals surface area (Å²) in [4.78, 5) is 13.5. The number of aromatic nitrogens is 7. The molecule has 6 aromatic rings. The Morgan fingerprint density at radius 1 is 0.951 bits per heavy atom. The fraction of sp³-hybridized carbons (Fsp3) is 0.194. The molecule has 0 aliphatic heterocycles. The van der Waals surface area contributed by atoms with Gasteiger partial charge in [0, 0.05) is 12.0 Å². The molecule has 0 fully saturated rings. The van der Waals surface area contributed by atoms with Crippen molar-refractivity contribution in [2.24, 2.45) is 0 Å². The summed E-state index contributed by atoms with van der Waals surface area (Å²) in [6, 6.07) is 29.1. The Morgan fingerprint density at radius 3 is 2.51 bits per heavy atom. The predicted molar refractivity (Wildman–Crippen MR) is 158 cm³/mol. The summed E-state index contributed by atoms with van der Waals surface area (Å²) in [6.45, 7) is 2.49. The molecule has 9 nitrogen and oxygen atoms in total. The van der Waals surface area contributed by atoms with Gasteiger partial charge in [-0.2, -0.15) is 4.68 Å². The molecule has 1 atom stereocenters. The second-order valence-corrected chi connectivity index (χ2v) is 10.2. The van der Waals surface area contributed by atoms with E-state index < -0.39 is 6.10 Å². The van der Waals surface area contributed by atoms with Crippen molar-refractivity contribution in [3.8, 4) is 11.4 Å². The minimum atomic E-state index is -0.543. The van der Waals surface area contributed by atoms with Crippen molar-refractivity contribution in [3.63, 3.8) is 0 Å². The number of aromatic amines is 1. The lowest BCUT2D eigenvalue weighted by Crippen LogP contribution is -2.25. The Labute approximate surface area is 241 Å². The Balaban J connectivity index is 1.29. The summed E-state index contributed by atoms with van der Waals surface area (Å²) in [5, 5.41) is 21.8. The van der Waals surface area contributed by atoms with Crippen molar-refractivity contribution in [3.05, 3.63) is 129 Å². The lowest BCUT2D eigenvalue weighted by molar-refractivity contribution is 0.238. The van der Waals surface area contributed by atoms with E-state index in [9.17, 15) is 4.79 Å². The number of aryl methyl sites for hydroxylation is 1. The molecule has 0 spiro atoms. The van der Waals surface area contributed by atoms with Crippen LogP contribution in [0.3, 0.4) is 0 Å². The minimum absolute atomic E-state index is 0.224. The van der Waals surface area contributed by atoms with Crippen LogP contribution in [0, 0.1) is 0 Å². The number of unbranched alkanes of at least 4 members (excludes halogenated alkanes) is 1. The van der Waals surface area contributed by atoms with Gasteiger partial charge in [0.05, 0.1) is 17.3 Å². The highest BCUT2D eigenvalue weighted by Gasteiger charge is 2.23. The normalized spacial score (nSPS) is 12.0. The molecule has 6 rings (SSSR count). The average Bonchev–Trinajstić information content (AvgIpc) is 3.64. The van der Waals surface area contributed by atoms with E-state index in [-0.39, 0.29) is 5.69 Å². The topological polar surface area (TPSA) is 104 Å². The van der Waals surface area contributed by atoms with Gasteiger partial charge in [-0.05, 0) is 57.4 Å². The Morgan fingerprint density at radius 2 is 1.73 bits per heavy atom. The van der Waals surface area contributed by atoms with E-state index in [4.69, 9.17) is 16.3 Å². The lowest BCUT2D eigenvalue weighted by atomic mass is 10.00. The molecule has 0 saturated heterocycles. The maximum atomic E-state index is 13.5. The number of halogens is 1. The second-order valence-electron chi connectivity index (χ2n) is 9.75. The molecule has 0 radical (unpaired) electrons. The third-order valence-corrected chi connectivity index (χ3v) is 7.33. The summed E-state index contributed by atoms with van der Waals surface area (Å²) in [5.74, 6) is 1.88. The highest BCUT2D eigenvalue weighted by Crippen LogP contribution is 2.31. The fourth-order valence-corrected chi connectivity index (χ4v) is 5.13. The van der Waals surface area contributed by atoms with Crippen LogP contribution in [0.5, 0.6) is 5.75 Å². The zero-order valence-corrected chi connectivity index (χ0v) is 23.2. The SMILES string of the molecule is CCCCc1nn(-c2ccccc2Cl)c(=O)n1Cc1ccc(OC(c2nnn[nH]2)c2cccc3ccccc23)cc1. The lowest BCUT2D eigenvalue weighted by Gasteiger charge is -2.19. The molecule has 206 valence electrons. The first kappa shape index (κ1) is 26.5. The largest absolute Gasteiger partial charge is 0.478 e. The van der Waals surface area contributed by atoms with E-state index in [0.29, 0.717) is 35.2 Å². The molecule has 1 N–H and O–H groups in total. The Hall–Kier alpha value is -4.76. The molecular formula is C31H28ClN7O2. The van der Waals surface area contributed by atoms with Crippen LogP contribution in [0.1, 0.15) is 48.6 Å². The highest BCUT2D eigenvalue weighted by molar-refractivity contribution is 6.32. The number of fused-ring (bicyclic) bond motifs is 1. The van der Waals surface area contributed by atoms with Gasteiger partial charge in [-0.3, -0.25) is 4.57 Å².